The van der Waals surface area contributed by atoms with Gasteiger partial charge in [0.1, 0.15) is 11.6 Å². The Kier molecular flexibility index (Phi) is 4.03. The summed E-state index contributed by atoms with van der Waals surface area (Å²) in [6.07, 6.45) is 1.89. The maximum absolute atomic E-state index is 13.3. The molecule has 0 saturated heterocycles. The summed E-state index contributed by atoms with van der Waals surface area (Å²) in [5, 5.41) is 0. The summed E-state index contributed by atoms with van der Waals surface area (Å²) >= 11 is 0. The van der Waals surface area contributed by atoms with E-state index in [1.54, 1.807) is 19.2 Å². The fraction of sp³-hybridized carbons (Fsp3) is 0.438. The first kappa shape index (κ1) is 14.2. The van der Waals surface area contributed by atoms with Gasteiger partial charge in [-0.25, -0.2) is 9.37 Å². The molecule has 0 radical (unpaired) electrons. The van der Waals surface area contributed by atoms with Crippen LogP contribution in [0, 0.1) is 5.82 Å². The van der Waals surface area contributed by atoms with Crippen LogP contribution in [0.4, 0.5) is 4.39 Å². The van der Waals surface area contributed by atoms with Gasteiger partial charge >= 0.3 is 0 Å². The second kappa shape index (κ2) is 5.95. The molecule has 112 valence electrons. The molecule has 0 fully saturated rings. The molecule has 0 bridgehead atoms. The zero-order valence-corrected chi connectivity index (χ0v) is 12.4. The maximum atomic E-state index is 13.3. The summed E-state index contributed by atoms with van der Waals surface area (Å²) in [7, 11) is 1.70. The van der Waals surface area contributed by atoms with Crippen LogP contribution in [0.1, 0.15) is 30.0 Å². The minimum Gasteiger partial charge on any atom is -0.378 e. The number of hydrogen-bond acceptors (Lipinski definition) is 3. The van der Waals surface area contributed by atoms with Gasteiger partial charge in [-0.15, -0.1) is 0 Å². The van der Waals surface area contributed by atoms with Crippen LogP contribution in [-0.2, 0) is 24.4 Å². The van der Waals surface area contributed by atoms with Crippen LogP contribution in [0.3, 0.4) is 0 Å². The van der Waals surface area contributed by atoms with Gasteiger partial charge in [0.2, 0.25) is 0 Å². The standard InChI is InChI=1S/C16H20FN3O/c1-12-16-18-9-15(11-21-2)20(16)7-6-19(12)10-13-4-3-5-14(17)8-13/h3-5,8-9,12H,6-7,10-11H2,1-2H3. The van der Waals surface area contributed by atoms with Gasteiger partial charge in [-0.05, 0) is 24.6 Å². The van der Waals surface area contributed by atoms with Gasteiger partial charge < -0.3 is 9.30 Å². The molecule has 1 atom stereocenters. The van der Waals surface area contributed by atoms with Crippen LogP contribution in [0.15, 0.2) is 30.5 Å². The van der Waals surface area contributed by atoms with Crippen molar-refractivity contribution in [2.75, 3.05) is 13.7 Å². The molecule has 1 aliphatic rings. The van der Waals surface area contributed by atoms with Crippen molar-refractivity contribution in [3.63, 3.8) is 0 Å². The molecule has 0 saturated carbocycles. The zero-order valence-electron chi connectivity index (χ0n) is 12.4. The van der Waals surface area contributed by atoms with Crippen molar-refractivity contribution in [2.24, 2.45) is 0 Å². The molecule has 3 rings (SSSR count). The van der Waals surface area contributed by atoms with Crippen molar-refractivity contribution in [2.45, 2.75) is 32.7 Å². The van der Waals surface area contributed by atoms with Crippen LogP contribution in [0.25, 0.3) is 0 Å². The molecule has 1 aliphatic heterocycles. The molecule has 0 amide bonds. The molecule has 4 nitrogen and oxygen atoms in total. The number of fused-ring (bicyclic) bond motifs is 1. The average Bonchev–Trinajstić information content (AvgIpc) is 2.87. The van der Waals surface area contributed by atoms with Crippen molar-refractivity contribution < 1.29 is 9.13 Å². The number of aromatic nitrogens is 2. The molecular formula is C16H20FN3O. The predicted molar refractivity (Wildman–Crippen MR) is 78.2 cm³/mol. The Morgan fingerprint density at radius 2 is 2.24 bits per heavy atom. The van der Waals surface area contributed by atoms with Gasteiger partial charge in [-0.3, -0.25) is 4.90 Å². The fourth-order valence-electron chi connectivity index (χ4n) is 2.95. The summed E-state index contributed by atoms with van der Waals surface area (Å²) in [6.45, 7) is 5.30. The third-order valence-corrected chi connectivity index (χ3v) is 4.07. The molecule has 2 aromatic rings. The minimum absolute atomic E-state index is 0.180. The molecule has 1 unspecified atom stereocenters. The molecule has 0 N–H and O–H groups in total. The molecular weight excluding hydrogens is 269 g/mol. The van der Waals surface area contributed by atoms with Crippen molar-refractivity contribution in [1.82, 2.24) is 14.5 Å². The minimum atomic E-state index is -0.180. The lowest BCUT2D eigenvalue weighted by Gasteiger charge is -2.34. The van der Waals surface area contributed by atoms with E-state index in [1.165, 1.54) is 6.07 Å². The van der Waals surface area contributed by atoms with Crippen LogP contribution in [0.2, 0.25) is 0 Å². The highest BCUT2D eigenvalue weighted by Gasteiger charge is 2.26. The lowest BCUT2D eigenvalue weighted by Crippen LogP contribution is -2.37. The molecule has 1 aromatic carbocycles. The first-order valence-corrected chi connectivity index (χ1v) is 7.20. The van der Waals surface area contributed by atoms with E-state index < -0.39 is 0 Å². The largest absolute Gasteiger partial charge is 0.378 e. The lowest BCUT2D eigenvalue weighted by atomic mass is 10.1. The van der Waals surface area contributed by atoms with Gasteiger partial charge in [0.25, 0.3) is 0 Å². The fourth-order valence-corrected chi connectivity index (χ4v) is 2.95. The predicted octanol–water partition coefficient (Wildman–Crippen LogP) is 2.75. The van der Waals surface area contributed by atoms with Gasteiger partial charge in [-0.2, -0.15) is 0 Å². The van der Waals surface area contributed by atoms with Gasteiger partial charge in [0.05, 0.1) is 24.5 Å². The summed E-state index contributed by atoms with van der Waals surface area (Å²) in [5.41, 5.74) is 2.11. The Balaban J connectivity index is 1.77. The number of methoxy groups -OCH3 is 1. The van der Waals surface area contributed by atoms with Crippen LogP contribution >= 0.6 is 0 Å². The monoisotopic (exact) mass is 289 g/mol. The summed E-state index contributed by atoms with van der Waals surface area (Å²) in [5.74, 6) is 0.880. The number of ether oxygens (including phenoxy) is 1. The maximum Gasteiger partial charge on any atom is 0.126 e. The van der Waals surface area contributed by atoms with Gasteiger partial charge in [0, 0.05) is 26.7 Å². The first-order valence-electron chi connectivity index (χ1n) is 7.20. The quantitative estimate of drug-likeness (QED) is 0.867. The summed E-state index contributed by atoms with van der Waals surface area (Å²) < 4.78 is 20.7. The zero-order chi connectivity index (χ0) is 14.8. The van der Waals surface area contributed by atoms with E-state index in [9.17, 15) is 4.39 Å². The normalized spacial score (nSPS) is 18.7. The molecule has 5 heteroatoms. The molecule has 0 aliphatic carbocycles. The van der Waals surface area contributed by atoms with Crippen LogP contribution in [-0.4, -0.2) is 28.1 Å². The van der Waals surface area contributed by atoms with E-state index in [-0.39, 0.29) is 11.9 Å². The molecule has 1 aromatic heterocycles. The Morgan fingerprint density at radius 1 is 1.38 bits per heavy atom. The highest BCUT2D eigenvalue weighted by atomic mass is 19.1. The number of hydrogen-bond donors (Lipinski definition) is 0. The molecule has 0 spiro atoms. The lowest BCUT2D eigenvalue weighted by molar-refractivity contribution is 0.143. The second-order valence-corrected chi connectivity index (χ2v) is 5.47. The van der Waals surface area contributed by atoms with Crippen molar-refractivity contribution in [3.8, 4) is 0 Å². The average molecular weight is 289 g/mol. The van der Waals surface area contributed by atoms with E-state index in [2.05, 4.69) is 21.4 Å². The third kappa shape index (κ3) is 2.84. The molecule has 2 heterocycles. The van der Waals surface area contributed by atoms with Crippen molar-refractivity contribution >= 4 is 0 Å². The SMILES string of the molecule is COCc1cnc2n1CCN(Cc1cccc(F)c1)C2C. The van der Waals surface area contributed by atoms with Crippen LogP contribution in [0.5, 0.6) is 0 Å². The number of rotatable bonds is 4. The number of benzene rings is 1. The van der Waals surface area contributed by atoms with E-state index in [1.807, 2.05) is 12.3 Å². The Labute approximate surface area is 124 Å². The number of nitrogens with zero attached hydrogens (tertiary/aromatic N) is 3. The first-order chi connectivity index (χ1) is 10.2. The summed E-state index contributed by atoms with van der Waals surface area (Å²) in [6, 6.07) is 7.02. The van der Waals surface area contributed by atoms with Crippen molar-refractivity contribution in [3.05, 3.63) is 53.4 Å². The highest BCUT2D eigenvalue weighted by molar-refractivity contribution is 5.17. The molecule has 21 heavy (non-hydrogen) atoms. The van der Waals surface area contributed by atoms with E-state index >= 15 is 0 Å². The Morgan fingerprint density at radius 3 is 3.00 bits per heavy atom. The number of imidazole rings is 1. The third-order valence-electron chi connectivity index (χ3n) is 4.07. The van der Waals surface area contributed by atoms with E-state index in [0.717, 1.165) is 36.7 Å². The highest BCUT2D eigenvalue weighted by Crippen LogP contribution is 2.27. The van der Waals surface area contributed by atoms with Gasteiger partial charge in [0.15, 0.2) is 0 Å². The van der Waals surface area contributed by atoms with Gasteiger partial charge in [-0.1, -0.05) is 12.1 Å². The smallest absolute Gasteiger partial charge is 0.126 e. The van der Waals surface area contributed by atoms with Crippen LogP contribution < -0.4 is 0 Å². The topological polar surface area (TPSA) is 30.3 Å². The van der Waals surface area contributed by atoms with E-state index in [0.29, 0.717) is 6.61 Å². The van der Waals surface area contributed by atoms with Crippen molar-refractivity contribution in [1.29, 1.82) is 0 Å². The Hall–Kier alpha value is -1.72. The second-order valence-electron chi connectivity index (χ2n) is 5.47. The summed E-state index contributed by atoms with van der Waals surface area (Å²) in [4.78, 5) is 6.86. The number of halogens is 1. The Bertz CT molecular complexity index is 626. The van der Waals surface area contributed by atoms with E-state index in [4.69, 9.17) is 4.74 Å².